The second kappa shape index (κ2) is 8.74. The highest BCUT2D eigenvalue weighted by Gasteiger charge is 2.39. The van der Waals surface area contributed by atoms with Crippen molar-refractivity contribution in [2.45, 2.75) is 44.5 Å². The first kappa shape index (κ1) is 24.3. The van der Waals surface area contributed by atoms with E-state index in [-0.39, 0.29) is 49.4 Å². The molecule has 11 heteroatoms. The number of alkyl halides is 6. The fourth-order valence-corrected chi connectivity index (χ4v) is 4.78. The van der Waals surface area contributed by atoms with Crippen molar-refractivity contribution in [3.63, 3.8) is 0 Å². The Morgan fingerprint density at radius 1 is 0.912 bits per heavy atom. The van der Waals surface area contributed by atoms with E-state index in [0.717, 1.165) is 23.3 Å². The van der Waals surface area contributed by atoms with Gasteiger partial charge < -0.3 is 9.80 Å². The summed E-state index contributed by atoms with van der Waals surface area (Å²) in [4.78, 5) is 32.3. The third-order valence-electron chi connectivity index (χ3n) is 6.67. The lowest BCUT2D eigenvalue weighted by Crippen LogP contribution is -2.43. The summed E-state index contributed by atoms with van der Waals surface area (Å²) < 4.78 is 79.1. The molecule has 0 saturated carbocycles. The minimum atomic E-state index is -4.89. The average molecular weight is 487 g/mol. The monoisotopic (exact) mass is 487 g/mol. The Kier molecular flexibility index (Phi) is 6.24. The van der Waals surface area contributed by atoms with Gasteiger partial charge in [0.15, 0.2) is 0 Å². The molecule has 184 valence electrons. The Bertz CT molecular complexity index is 1030. The number of halogens is 6. The van der Waals surface area contributed by atoms with Crippen LogP contribution in [0.2, 0.25) is 0 Å². The van der Waals surface area contributed by atoms with E-state index >= 15 is 0 Å². The van der Waals surface area contributed by atoms with Gasteiger partial charge in [-0.25, -0.2) is 0 Å². The minimum Gasteiger partial charge on any atom is -0.339 e. The van der Waals surface area contributed by atoms with Crippen LogP contribution in [0.25, 0.3) is 0 Å². The van der Waals surface area contributed by atoms with E-state index in [1.165, 1.54) is 6.92 Å². The first-order valence-corrected chi connectivity index (χ1v) is 10.9. The molecular formula is C23H23F6N3O2. The van der Waals surface area contributed by atoms with Crippen molar-refractivity contribution < 1.29 is 35.9 Å². The van der Waals surface area contributed by atoms with E-state index in [0.29, 0.717) is 31.8 Å². The number of hydrogen-bond donors (Lipinski definition) is 0. The summed E-state index contributed by atoms with van der Waals surface area (Å²) in [6.45, 7) is 3.19. The van der Waals surface area contributed by atoms with E-state index in [4.69, 9.17) is 0 Å². The largest absolute Gasteiger partial charge is 0.416 e. The molecule has 5 nitrogen and oxygen atoms in total. The van der Waals surface area contributed by atoms with Crippen LogP contribution in [0.5, 0.6) is 0 Å². The molecule has 1 aromatic carbocycles. The minimum absolute atomic E-state index is 0.0194. The Morgan fingerprint density at radius 3 is 2.03 bits per heavy atom. The molecule has 0 unspecified atom stereocenters. The molecule has 3 aliphatic rings. The fraction of sp³-hybridized carbons (Fsp3) is 0.522. The van der Waals surface area contributed by atoms with Crippen molar-refractivity contribution in [2.24, 2.45) is 4.99 Å². The van der Waals surface area contributed by atoms with Gasteiger partial charge in [0.05, 0.1) is 17.7 Å². The van der Waals surface area contributed by atoms with Gasteiger partial charge in [0.25, 0.3) is 5.91 Å². The van der Waals surface area contributed by atoms with Crippen molar-refractivity contribution in [3.8, 4) is 0 Å². The van der Waals surface area contributed by atoms with Crippen LogP contribution >= 0.6 is 0 Å². The Hall–Kier alpha value is -2.85. The third kappa shape index (κ3) is 4.83. The van der Waals surface area contributed by atoms with Crippen molar-refractivity contribution in [3.05, 3.63) is 46.0 Å². The molecule has 3 heterocycles. The first-order valence-electron chi connectivity index (χ1n) is 10.9. The van der Waals surface area contributed by atoms with Crippen LogP contribution in [0.1, 0.15) is 48.8 Å². The van der Waals surface area contributed by atoms with Gasteiger partial charge in [-0.2, -0.15) is 26.3 Å². The van der Waals surface area contributed by atoms with Crippen molar-refractivity contribution in [2.75, 3.05) is 32.7 Å². The Labute approximate surface area is 192 Å². The maximum atomic E-state index is 13.2. The van der Waals surface area contributed by atoms with E-state index in [9.17, 15) is 35.9 Å². The number of nitrogens with zero attached hydrogens (tertiary/aromatic N) is 3. The highest BCUT2D eigenvalue weighted by Crippen LogP contribution is 2.39. The molecule has 1 aromatic rings. The van der Waals surface area contributed by atoms with Crippen LogP contribution in [0, 0.1) is 0 Å². The standard InChI is InChI=1S/C23H23F6N3O2/c1-13(33)32-7-4-19-16(12-32)11-30-20(19)21(34)31-5-2-14(3-6-31)15-8-17(22(24,25)26)10-18(9-15)23(27,28)29/h8-10,14H,2-7,11-12H2,1H3. The van der Waals surface area contributed by atoms with Crippen molar-refractivity contribution in [1.29, 1.82) is 0 Å². The molecule has 0 aromatic heterocycles. The van der Waals surface area contributed by atoms with Gasteiger partial charge in [-0.15, -0.1) is 0 Å². The summed E-state index contributed by atoms with van der Waals surface area (Å²) in [5.74, 6) is -0.844. The number of benzene rings is 1. The molecule has 34 heavy (non-hydrogen) atoms. The number of rotatable bonds is 2. The van der Waals surface area contributed by atoms with Crippen LogP contribution in [-0.2, 0) is 21.9 Å². The second-order valence-corrected chi connectivity index (χ2v) is 8.84. The summed E-state index contributed by atoms with van der Waals surface area (Å²) in [6, 6.07) is 1.68. The summed E-state index contributed by atoms with van der Waals surface area (Å²) >= 11 is 0. The zero-order valence-corrected chi connectivity index (χ0v) is 18.4. The van der Waals surface area contributed by atoms with E-state index in [2.05, 4.69) is 4.99 Å². The van der Waals surface area contributed by atoms with Crippen molar-refractivity contribution in [1.82, 2.24) is 9.80 Å². The molecule has 2 amide bonds. The molecular weight excluding hydrogens is 464 g/mol. The number of amides is 2. The zero-order valence-electron chi connectivity index (χ0n) is 18.4. The predicted molar refractivity (Wildman–Crippen MR) is 111 cm³/mol. The van der Waals surface area contributed by atoms with E-state index in [1.54, 1.807) is 9.80 Å². The van der Waals surface area contributed by atoms with E-state index in [1.807, 2.05) is 0 Å². The lowest BCUT2D eigenvalue weighted by atomic mass is 9.87. The van der Waals surface area contributed by atoms with Gasteiger partial charge >= 0.3 is 12.4 Å². The van der Waals surface area contributed by atoms with Crippen LogP contribution in [-0.4, -0.2) is 60.0 Å². The molecule has 0 radical (unpaired) electrons. The maximum Gasteiger partial charge on any atom is 0.416 e. The molecule has 0 N–H and O–H groups in total. The molecule has 3 aliphatic heterocycles. The van der Waals surface area contributed by atoms with Crippen LogP contribution in [0.4, 0.5) is 26.3 Å². The SMILES string of the molecule is CC(=O)N1CCC2=C(CN=C2C(=O)N2CCC(c3cc(C(F)(F)F)cc(C(F)(F)F)c3)CC2)C1. The fourth-order valence-electron chi connectivity index (χ4n) is 4.78. The van der Waals surface area contributed by atoms with Gasteiger partial charge in [-0.1, -0.05) is 0 Å². The van der Waals surface area contributed by atoms with Crippen LogP contribution < -0.4 is 0 Å². The molecule has 1 saturated heterocycles. The molecule has 0 spiro atoms. The lowest BCUT2D eigenvalue weighted by molar-refractivity contribution is -0.143. The Morgan fingerprint density at radius 2 is 1.50 bits per heavy atom. The number of aliphatic imine (C=N–C) groups is 1. The summed E-state index contributed by atoms with van der Waals surface area (Å²) in [5.41, 5.74) is -0.537. The topological polar surface area (TPSA) is 53.0 Å². The number of carbonyl (C=O) groups excluding carboxylic acids is 2. The Balaban J connectivity index is 1.46. The van der Waals surface area contributed by atoms with Crippen molar-refractivity contribution >= 4 is 17.5 Å². The van der Waals surface area contributed by atoms with Gasteiger partial charge in [0, 0.05) is 33.1 Å². The number of likely N-dealkylation sites (tertiary alicyclic amines) is 1. The number of carbonyl (C=O) groups is 2. The number of hydrogen-bond acceptors (Lipinski definition) is 3. The molecule has 4 rings (SSSR count). The predicted octanol–water partition coefficient (Wildman–Crippen LogP) is 4.43. The van der Waals surface area contributed by atoms with Crippen LogP contribution in [0.15, 0.2) is 34.3 Å². The van der Waals surface area contributed by atoms with Gasteiger partial charge in [0.1, 0.15) is 5.71 Å². The maximum absolute atomic E-state index is 13.2. The number of piperidine rings is 1. The third-order valence-corrected chi connectivity index (χ3v) is 6.67. The smallest absolute Gasteiger partial charge is 0.339 e. The normalized spacial score (nSPS) is 19.9. The van der Waals surface area contributed by atoms with E-state index < -0.39 is 29.4 Å². The molecule has 0 aliphatic carbocycles. The van der Waals surface area contributed by atoms with Crippen LogP contribution in [0.3, 0.4) is 0 Å². The summed E-state index contributed by atoms with van der Waals surface area (Å²) in [6.07, 6.45) is -8.75. The average Bonchev–Trinajstić information content (AvgIpc) is 3.20. The lowest BCUT2D eigenvalue weighted by Gasteiger charge is -2.33. The summed E-state index contributed by atoms with van der Waals surface area (Å²) in [5, 5.41) is 0. The van der Waals surface area contributed by atoms with Gasteiger partial charge in [-0.3, -0.25) is 14.6 Å². The molecule has 1 fully saturated rings. The highest BCUT2D eigenvalue weighted by atomic mass is 19.4. The molecule has 0 bridgehead atoms. The summed E-state index contributed by atoms with van der Waals surface area (Å²) in [7, 11) is 0. The van der Waals surface area contributed by atoms with Gasteiger partial charge in [-0.05, 0) is 60.1 Å². The quantitative estimate of drug-likeness (QED) is 0.580. The zero-order chi connectivity index (χ0) is 24.8. The van der Waals surface area contributed by atoms with Gasteiger partial charge in [0.2, 0.25) is 5.91 Å². The first-order chi connectivity index (χ1) is 15.8. The highest BCUT2D eigenvalue weighted by molar-refractivity contribution is 6.46. The molecule has 0 atom stereocenters. The second-order valence-electron chi connectivity index (χ2n) is 8.84.